The Morgan fingerprint density at radius 1 is 1.39 bits per heavy atom. The summed E-state index contributed by atoms with van der Waals surface area (Å²) in [4.78, 5) is 2.38. The predicted octanol–water partition coefficient (Wildman–Crippen LogP) is 2.09. The highest BCUT2D eigenvalue weighted by atomic mass is 16.3. The van der Waals surface area contributed by atoms with E-state index in [1.807, 2.05) is 18.7 Å². The van der Waals surface area contributed by atoms with E-state index in [4.69, 9.17) is 0 Å². The molecule has 0 aromatic carbocycles. The Hall–Kier alpha value is -1.03. The molecule has 1 aromatic rings. The van der Waals surface area contributed by atoms with Gasteiger partial charge in [-0.2, -0.15) is 5.10 Å². The fourth-order valence-electron chi connectivity index (χ4n) is 2.93. The second-order valence-electron chi connectivity index (χ2n) is 6.47. The Bertz CT molecular complexity index is 431. The first-order chi connectivity index (χ1) is 8.34. The normalized spacial score (nSPS) is 20.8. The highest BCUT2D eigenvalue weighted by Gasteiger charge is 2.33. The molecule has 0 aliphatic carbocycles. The van der Waals surface area contributed by atoms with Gasteiger partial charge in [-0.15, -0.1) is 0 Å². The summed E-state index contributed by atoms with van der Waals surface area (Å²) in [6, 6.07) is 0. The van der Waals surface area contributed by atoms with Gasteiger partial charge in [0, 0.05) is 25.7 Å². The summed E-state index contributed by atoms with van der Waals surface area (Å²) in [6.45, 7) is 11.1. The summed E-state index contributed by atoms with van der Waals surface area (Å²) in [5.41, 5.74) is 2.27. The van der Waals surface area contributed by atoms with Crippen molar-refractivity contribution in [2.75, 3.05) is 18.0 Å². The zero-order valence-electron chi connectivity index (χ0n) is 12.2. The molecule has 0 amide bonds. The van der Waals surface area contributed by atoms with Crippen LogP contribution in [0.25, 0.3) is 0 Å². The maximum absolute atomic E-state index is 9.52. The molecule has 0 bridgehead atoms. The van der Waals surface area contributed by atoms with Crippen molar-refractivity contribution in [2.45, 2.75) is 40.7 Å². The van der Waals surface area contributed by atoms with Gasteiger partial charge >= 0.3 is 0 Å². The highest BCUT2D eigenvalue weighted by molar-refractivity contribution is 5.50. The van der Waals surface area contributed by atoms with Crippen molar-refractivity contribution < 1.29 is 5.11 Å². The number of aromatic nitrogens is 2. The Morgan fingerprint density at radius 3 is 2.56 bits per heavy atom. The van der Waals surface area contributed by atoms with Crippen molar-refractivity contribution in [3.8, 4) is 0 Å². The van der Waals surface area contributed by atoms with Crippen LogP contribution in [0.5, 0.6) is 0 Å². The van der Waals surface area contributed by atoms with Gasteiger partial charge in [-0.1, -0.05) is 20.8 Å². The molecule has 1 N–H and O–H groups in total. The van der Waals surface area contributed by atoms with Gasteiger partial charge in [-0.25, -0.2) is 0 Å². The van der Waals surface area contributed by atoms with Gasteiger partial charge in [-0.3, -0.25) is 4.68 Å². The second kappa shape index (κ2) is 4.57. The van der Waals surface area contributed by atoms with E-state index >= 15 is 0 Å². The number of anilines is 1. The number of aliphatic hydroxyl groups excluding tert-OH is 1. The van der Waals surface area contributed by atoms with E-state index in [1.54, 1.807) is 0 Å². The molecule has 4 nitrogen and oxygen atoms in total. The number of hydrogen-bond acceptors (Lipinski definition) is 3. The molecule has 0 radical (unpaired) electrons. The van der Waals surface area contributed by atoms with Crippen molar-refractivity contribution in [3.05, 3.63) is 11.3 Å². The van der Waals surface area contributed by atoms with Crippen LogP contribution in [0.15, 0.2) is 0 Å². The number of rotatable bonds is 2. The summed E-state index contributed by atoms with van der Waals surface area (Å²) >= 11 is 0. The molecule has 4 heteroatoms. The van der Waals surface area contributed by atoms with Gasteiger partial charge in [0.1, 0.15) is 5.82 Å². The van der Waals surface area contributed by atoms with E-state index in [-0.39, 0.29) is 6.61 Å². The standard InChI is InChI=1S/C14H25N3O/c1-10-12(9-18)13(16(5)15-10)17-7-6-11(8-17)14(2,3)4/h11,18H,6-9H2,1-5H3. The van der Waals surface area contributed by atoms with Crippen molar-refractivity contribution >= 4 is 5.82 Å². The number of nitrogens with zero attached hydrogens (tertiary/aromatic N) is 3. The van der Waals surface area contributed by atoms with E-state index in [0.29, 0.717) is 11.3 Å². The van der Waals surface area contributed by atoms with Crippen LogP contribution in [-0.4, -0.2) is 28.0 Å². The minimum atomic E-state index is 0.0751. The molecule has 1 atom stereocenters. The molecule has 18 heavy (non-hydrogen) atoms. The number of aliphatic hydroxyl groups is 1. The summed E-state index contributed by atoms with van der Waals surface area (Å²) in [5, 5.41) is 13.9. The molecular weight excluding hydrogens is 226 g/mol. The average molecular weight is 251 g/mol. The molecule has 0 spiro atoms. The topological polar surface area (TPSA) is 41.3 Å². The maximum Gasteiger partial charge on any atom is 0.132 e. The second-order valence-corrected chi connectivity index (χ2v) is 6.47. The first-order valence-electron chi connectivity index (χ1n) is 6.73. The minimum absolute atomic E-state index is 0.0751. The van der Waals surface area contributed by atoms with E-state index in [1.165, 1.54) is 6.42 Å². The summed E-state index contributed by atoms with van der Waals surface area (Å²) in [5.74, 6) is 1.81. The molecular formula is C14H25N3O. The van der Waals surface area contributed by atoms with E-state index in [2.05, 4.69) is 30.8 Å². The maximum atomic E-state index is 9.52. The zero-order valence-corrected chi connectivity index (χ0v) is 12.2. The molecule has 2 heterocycles. The van der Waals surface area contributed by atoms with Crippen LogP contribution in [0.3, 0.4) is 0 Å². The van der Waals surface area contributed by atoms with Gasteiger partial charge in [0.05, 0.1) is 12.3 Å². The van der Waals surface area contributed by atoms with Crippen LogP contribution in [0.2, 0.25) is 0 Å². The van der Waals surface area contributed by atoms with E-state index < -0.39 is 0 Å². The van der Waals surface area contributed by atoms with Gasteiger partial charge < -0.3 is 10.0 Å². The van der Waals surface area contributed by atoms with Crippen LogP contribution in [0, 0.1) is 18.3 Å². The van der Waals surface area contributed by atoms with Gasteiger partial charge in [0.2, 0.25) is 0 Å². The molecule has 1 unspecified atom stereocenters. The molecule has 0 saturated carbocycles. The van der Waals surface area contributed by atoms with Crippen LogP contribution in [-0.2, 0) is 13.7 Å². The third-order valence-corrected chi connectivity index (χ3v) is 4.18. The Labute approximate surface area is 110 Å². The Morgan fingerprint density at radius 2 is 2.06 bits per heavy atom. The zero-order chi connectivity index (χ0) is 13.5. The molecule has 1 aromatic heterocycles. The first-order valence-corrected chi connectivity index (χ1v) is 6.73. The van der Waals surface area contributed by atoms with Crippen molar-refractivity contribution in [1.29, 1.82) is 0 Å². The summed E-state index contributed by atoms with van der Waals surface area (Å²) in [6.07, 6.45) is 1.22. The number of aryl methyl sites for hydroxylation is 2. The smallest absolute Gasteiger partial charge is 0.132 e. The van der Waals surface area contributed by atoms with E-state index in [0.717, 1.165) is 30.2 Å². The Balaban J connectivity index is 2.24. The predicted molar refractivity (Wildman–Crippen MR) is 73.6 cm³/mol. The Kier molecular flexibility index (Phi) is 3.41. The lowest BCUT2D eigenvalue weighted by Gasteiger charge is -2.27. The largest absolute Gasteiger partial charge is 0.391 e. The van der Waals surface area contributed by atoms with Gasteiger partial charge in [-0.05, 0) is 24.7 Å². The summed E-state index contributed by atoms with van der Waals surface area (Å²) < 4.78 is 1.91. The highest BCUT2D eigenvalue weighted by Crippen LogP contribution is 2.36. The molecule has 1 aliphatic heterocycles. The van der Waals surface area contributed by atoms with Crippen LogP contribution >= 0.6 is 0 Å². The molecule has 1 aliphatic rings. The molecule has 2 rings (SSSR count). The van der Waals surface area contributed by atoms with E-state index in [9.17, 15) is 5.11 Å². The monoisotopic (exact) mass is 251 g/mol. The van der Waals surface area contributed by atoms with Gasteiger partial charge in [0.25, 0.3) is 0 Å². The average Bonchev–Trinajstić information content (AvgIpc) is 2.81. The fourth-order valence-corrected chi connectivity index (χ4v) is 2.93. The fraction of sp³-hybridized carbons (Fsp3) is 0.786. The third kappa shape index (κ3) is 2.26. The summed E-state index contributed by atoms with van der Waals surface area (Å²) in [7, 11) is 1.96. The SMILES string of the molecule is Cc1nn(C)c(N2CCC(C(C)(C)C)C2)c1CO. The first kappa shape index (κ1) is 13.4. The van der Waals surface area contributed by atoms with Crippen molar-refractivity contribution in [3.63, 3.8) is 0 Å². The minimum Gasteiger partial charge on any atom is -0.391 e. The molecule has 102 valence electrons. The van der Waals surface area contributed by atoms with Crippen LogP contribution in [0.1, 0.15) is 38.4 Å². The van der Waals surface area contributed by atoms with Gasteiger partial charge in [0.15, 0.2) is 0 Å². The number of hydrogen-bond donors (Lipinski definition) is 1. The lowest BCUT2D eigenvalue weighted by atomic mass is 9.80. The quantitative estimate of drug-likeness (QED) is 0.875. The lowest BCUT2D eigenvalue weighted by molar-refractivity contribution is 0.263. The van der Waals surface area contributed by atoms with Crippen LogP contribution in [0.4, 0.5) is 5.82 Å². The van der Waals surface area contributed by atoms with Crippen molar-refractivity contribution in [2.24, 2.45) is 18.4 Å². The lowest BCUT2D eigenvalue weighted by Crippen LogP contribution is -2.27. The van der Waals surface area contributed by atoms with Crippen LogP contribution < -0.4 is 4.90 Å². The third-order valence-electron chi connectivity index (χ3n) is 4.18. The molecule has 1 fully saturated rings. The molecule has 1 saturated heterocycles. The van der Waals surface area contributed by atoms with Crippen molar-refractivity contribution in [1.82, 2.24) is 9.78 Å².